The first-order chi connectivity index (χ1) is 20.4. The highest BCUT2D eigenvalue weighted by molar-refractivity contribution is 6.00. The van der Waals surface area contributed by atoms with Gasteiger partial charge in [-0.2, -0.15) is 0 Å². The monoisotopic (exact) mass is 601 g/mol. The van der Waals surface area contributed by atoms with Crippen molar-refractivity contribution < 1.29 is 33.1 Å². The fourth-order valence-electron chi connectivity index (χ4n) is 4.90. The third kappa shape index (κ3) is 12.6. The van der Waals surface area contributed by atoms with E-state index in [9.17, 15) is 33.1 Å². The van der Waals surface area contributed by atoms with Gasteiger partial charge >= 0.3 is 0 Å². The molecule has 2 rings (SSSR count). The molecule has 0 saturated heterocycles. The Kier molecular flexibility index (Phi) is 15.0. The number of nitrogens with one attached hydrogen (secondary N) is 2. The molecule has 10 heteroatoms. The minimum atomic E-state index is -1.16. The van der Waals surface area contributed by atoms with E-state index in [2.05, 4.69) is 10.6 Å². The number of hydrogen-bond donors (Lipinski definition) is 3. The molecule has 0 aliphatic rings. The average Bonchev–Trinajstić information content (AvgIpc) is 2.93. The molecule has 43 heavy (non-hydrogen) atoms. The van der Waals surface area contributed by atoms with Crippen molar-refractivity contribution in [2.45, 2.75) is 91.2 Å². The molecule has 3 N–H and O–H groups in total. The number of aliphatic hydroxyl groups excluding tert-OH is 1. The molecular formula is C33H45F2N3O5. The molecule has 2 aromatic rings. The van der Waals surface area contributed by atoms with E-state index >= 15 is 0 Å². The number of amides is 3. The Morgan fingerprint density at radius 2 is 1.49 bits per heavy atom. The van der Waals surface area contributed by atoms with Gasteiger partial charge in [-0.3, -0.25) is 14.4 Å². The number of aryl methyl sites for hydroxylation is 1. The Morgan fingerprint density at radius 3 is 2.09 bits per heavy atom. The van der Waals surface area contributed by atoms with Crippen LogP contribution in [-0.2, 0) is 16.0 Å². The molecule has 0 saturated carbocycles. The summed E-state index contributed by atoms with van der Waals surface area (Å²) in [6, 6.07) is 6.94. The molecule has 0 aromatic heterocycles. The summed E-state index contributed by atoms with van der Waals surface area (Å²) in [4.78, 5) is 51.6. The zero-order valence-electron chi connectivity index (χ0n) is 25.7. The maximum atomic E-state index is 13.9. The summed E-state index contributed by atoms with van der Waals surface area (Å²) >= 11 is 0. The molecule has 0 bridgehead atoms. The van der Waals surface area contributed by atoms with Gasteiger partial charge in [-0.05, 0) is 93.8 Å². The van der Waals surface area contributed by atoms with Crippen molar-refractivity contribution in [3.8, 4) is 0 Å². The molecule has 0 unspecified atom stereocenters. The van der Waals surface area contributed by atoms with Crippen molar-refractivity contribution in [1.82, 2.24) is 15.5 Å². The lowest BCUT2D eigenvalue weighted by molar-refractivity contribution is -0.122. The van der Waals surface area contributed by atoms with E-state index in [0.29, 0.717) is 43.5 Å². The van der Waals surface area contributed by atoms with Crippen LogP contribution in [0, 0.1) is 18.6 Å². The Balaban J connectivity index is 2.18. The minimum Gasteiger partial charge on any atom is -0.391 e. The predicted octanol–water partition coefficient (Wildman–Crippen LogP) is 4.89. The van der Waals surface area contributed by atoms with Crippen LogP contribution in [0.25, 0.3) is 0 Å². The van der Waals surface area contributed by atoms with Crippen LogP contribution in [-0.4, -0.2) is 65.3 Å². The molecule has 0 fully saturated rings. The Morgan fingerprint density at radius 1 is 0.884 bits per heavy atom. The number of rotatable bonds is 18. The molecular weight excluding hydrogens is 556 g/mol. The van der Waals surface area contributed by atoms with Crippen molar-refractivity contribution in [2.75, 3.05) is 19.6 Å². The topological polar surface area (TPSA) is 116 Å². The number of nitrogens with zero attached hydrogens (tertiary/aromatic N) is 1. The zero-order chi connectivity index (χ0) is 31.9. The highest BCUT2D eigenvalue weighted by atomic mass is 19.1. The van der Waals surface area contributed by atoms with Crippen molar-refractivity contribution in [3.05, 3.63) is 70.3 Å². The summed E-state index contributed by atoms with van der Waals surface area (Å²) in [6.07, 6.45) is 2.27. The average molecular weight is 602 g/mol. The van der Waals surface area contributed by atoms with E-state index in [0.717, 1.165) is 31.0 Å². The Labute approximate surface area is 253 Å². The number of aliphatic hydroxyl groups is 1. The molecule has 3 amide bonds. The second-order valence-electron chi connectivity index (χ2n) is 11.1. The smallest absolute Gasteiger partial charge is 0.253 e. The fourth-order valence-corrected chi connectivity index (χ4v) is 4.90. The van der Waals surface area contributed by atoms with Gasteiger partial charge in [-0.1, -0.05) is 13.8 Å². The number of halogens is 2. The van der Waals surface area contributed by atoms with E-state index in [1.807, 2.05) is 13.8 Å². The number of carbonyl (C=O) groups is 4. The molecule has 236 valence electrons. The third-order valence-corrected chi connectivity index (χ3v) is 6.96. The molecule has 8 nitrogen and oxygen atoms in total. The third-order valence-electron chi connectivity index (χ3n) is 6.96. The number of carbonyl (C=O) groups excluding carboxylic acids is 4. The quantitative estimate of drug-likeness (QED) is 0.211. The Hall–Kier alpha value is -3.66. The maximum absolute atomic E-state index is 13.9. The van der Waals surface area contributed by atoms with Crippen LogP contribution in [0.4, 0.5) is 8.78 Å². The zero-order valence-corrected chi connectivity index (χ0v) is 25.7. The summed E-state index contributed by atoms with van der Waals surface area (Å²) in [7, 11) is 0. The lowest BCUT2D eigenvalue weighted by Crippen LogP contribution is -2.46. The Bertz CT molecular complexity index is 1230. The largest absolute Gasteiger partial charge is 0.391 e. The first-order valence-corrected chi connectivity index (χ1v) is 15.0. The van der Waals surface area contributed by atoms with Crippen LogP contribution in [0.1, 0.15) is 97.6 Å². The van der Waals surface area contributed by atoms with E-state index in [4.69, 9.17) is 0 Å². The van der Waals surface area contributed by atoms with Gasteiger partial charge in [0.15, 0.2) is 0 Å². The summed E-state index contributed by atoms with van der Waals surface area (Å²) < 4.78 is 27.8. The van der Waals surface area contributed by atoms with Gasteiger partial charge in [0.05, 0.1) is 12.1 Å². The van der Waals surface area contributed by atoms with Gasteiger partial charge in [0, 0.05) is 49.7 Å². The van der Waals surface area contributed by atoms with Gasteiger partial charge in [-0.25, -0.2) is 8.78 Å². The number of ketones is 1. The van der Waals surface area contributed by atoms with Gasteiger partial charge in [0.2, 0.25) is 5.91 Å². The van der Waals surface area contributed by atoms with Crippen molar-refractivity contribution in [2.24, 2.45) is 0 Å². The summed E-state index contributed by atoms with van der Waals surface area (Å²) in [5.41, 5.74) is 1.55. The van der Waals surface area contributed by atoms with Crippen molar-refractivity contribution in [1.29, 1.82) is 0 Å². The molecule has 0 radical (unpaired) electrons. The van der Waals surface area contributed by atoms with Crippen LogP contribution < -0.4 is 10.6 Å². The summed E-state index contributed by atoms with van der Waals surface area (Å²) in [5, 5.41) is 16.5. The van der Waals surface area contributed by atoms with Crippen molar-refractivity contribution in [3.63, 3.8) is 0 Å². The fraction of sp³-hybridized carbons (Fsp3) is 0.515. The molecule has 2 atom stereocenters. The van der Waals surface area contributed by atoms with Crippen LogP contribution >= 0.6 is 0 Å². The van der Waals surface area contributed by atoms with Crippen LogP contribution in [0.2, 0.25) is 0 Å². The SMILES string of the molecule is CCCN(CCC)C(=O)c1cc(C)cc(C(=O)N[C@@H](Cc2cc(F)cc(F)c2)[C@@H](O)CCNC(=O)CCCCC(C)=O)c1. The highest BCUT2D eigenvalue weighted by Crippen LogP contribution is 2.17. The van der Waals surface area contributed by atoms with Gasteiger partial charge in [0.1, 0.15) is 17.4 Å². The first kappa shape index (κ1) is 35.5. The minimum absolute atomic E-state index is 0.0678. The molecule has 0 aliphatic carbocycles. The lowest BCUT2D eigenvalue weighted by Gasteiger charge is -2.25. The van der Waals surface area contributed by atoms with Crippen molar-refractivity contribution >= 4 is 23.5 Å². The number of unbranched alkanes of at least 4 members (excludes halogenated alkanes) is 1. The van der Waals surface area contributed by atoms with Gasteiger partial charge < -0.3 is 25.4 Å². The van der Waals surface area contributed by atoms with Gasteiger partial charge in [-0.15, -0.1) is 0 Å². The van der Waals surface area contributed by atoms with Gasteiger partial charge in [0.25, 0.3) is 11.8 Å². The lowest BCUT2D eigenvalue weighted by atomic mass is 9.97. The summed E-state index contributed by atoms with van der Waals surface area (Å²) in [6.45, 7) is 8.56. The standard InChI is InChI=1S/C33H45F2N3O5/c1-5-13-38(14-6-2)33(43)26-16-22(3)15-25(20-26)32(42)37-29(19-24-17-27(34)21-28(35)18-24)30(40)11-12-36-31(41)10-8-7-9-23(4)39/h15-18,20-21,29-30,40H,5-14,19H2,1-4H3,(H,36,41)(H,37,42)/t29-,30-/m0/s1. The van der Waals surface area contributed by atoms with Crippen LogP contribution in [0.3, 0.4) is 0 Å². The predicted molar refractivity (Wildman–Crippen MR) is 162 cm³/mol. The van der Waals surface area contributed by atoms with E-state index < -0.39 is 29.7 Å². The van der Waals surface area contributed by atoms with Crippen LogP contribution in [0.15, 0.2) is 36.4 Å². The summed E-state index contributed by atoms with van der Waals surface area (Å²) in [5.74, 6) is -2.44. The highest BCUT2D eigenvalue weighted by Gasteiger charge is 2.24. The number of hydrogen-bond acceptors (Lipinski definition) is 5. The van der Waals surface area contributed by atoms with E-state index in [1.54, 1.807) is 24.0 Å². The normalized spacial score (nSPS) is 12.3. The molecule has 0 heterocycles. The second-order valence-corrected chi connectivity index (χ2v) is 11.1. The molecule has 0 spiro atoms. The second kappa shape index (κ2) is 18.1. The number of benzene rings is 2. The van der Waals surface area contributed by atoms with Crippen LogP contribution in [0.5, 0.6) is 0 Å². The molecule has 0 aliphatic heterocycles. The molecule has 2 aromatic carbocycles. The van der Waals surface area contributed by atoms with E-state index in [1.165, 1.54) is 13.0 Å². The maximum Gasteiger partial charge on any atom is 0.253 e. The van der Waals surface area contributed by atoms with E-state index in [-0.39, 0.29) is 54.5 Å². The number of Topliss-reactive ketones (excluding diaryl/α,β-unsaturated/α-hetero) is 1. The first-order valence-electron chi connectivity index (χ1n) is 15.0.